The van der Waals surface area contributed by atoms with Gasteiger partial charge in [0, 0.05) is 16.0 Å². The summed E-state index contributed by atoms with van der Waals surface area (Å²) in [7, 11) is 0. The van der Waals surface area contributed by atoms with Gasteiger partial charge in [-0.1, -0.05) is 41.4 Å². The van der Waals surface area contributed by atoms with Crippen molar-refractivity contribution < 1.29 is 0 Å². The highest BCUT2D eigenvalue weighted by Crippen LogP contribution is 2.29. The first-order valence-corrected chi connectivity index (χ1v) is 6.98. The van der Waals surface area contributed by atoms with E-state index in [1.807, 2.05) is 19.1 Å². The Morgan fingerprint density at radius 3 is 2.67 bits per heavy atom. The Morgan fingerprint density at radius 1 is 1.17 bits per heavy atom. The molecule has 3 heteroatoms. The second-order valence-electron chi connectivity index (χ2n) is 4.42. The lowest BCUT2D eigenvalue weighted by atomic mass is 10.1. The van der Waals surface area contributed by atoms with Crippen LogP contribution in [0, 0.1) is 13.8 Å². The fraction of sp³-hybridized carbons (Fsp3) is 0.200. The van der Waals surface area contributed by atoms with Crippen molar-refractivity contribution in [3.63, 3.8) is 0 Å². The van der Waals surface area contributed by atoms with Crippen molar-refractivity contribution >= 4 is 33.2 Å². The van der Waals surface area contributed by atoms with Crippen LogP contribution < -0.4 is 5.32 Å². The zero-order chi connectivity index (χ0) is 13.1. The predicted octanol–water partition coefficient (Wildman–Crippen LogP) is 5.33. The minimum Gasteiger partial charge on any atom is -0.380 e. The Labute approximate surface area is 121 Å². The molecule has 2 aromatic carbocycles. The van der Waals surface area contributed by atoms with Gasteiger partial charge in [-0.15, -0.1) is 0 Å². The fourth-order valence-electron chi connectivity index (χ4n) is 1.80. The molecule has 0 amide bonds. The normalized spacial score (nSPS) is 10.4. The summed E-state index contributed by atoms with van der Waals surface area (Å²) in [5, 5.41) is 4.18. The number of rotatable bonds is 3. The second kappa shape index (κ2) is 5.77. The average molecular weight is 325 g/mol. The second-order valence-corrected chi connectivity index (χ2v) is 5.69. The maximum absolute atomic E-state index is 6.13. The van der Waals surface area contributed by atoms with Crippen molar-refractivity contribution in [2.75, 3.05) is 5.32 Å². The SMILES string of the molecule is Cc1cccc(CNc2cc(Cl)c(C)cc2Br)c1. The van der Waals surface area contributed by atoms with Gasteiger partial charge in [0.25, 0.3) is 0 Å². The van der Waals surface area contributed by atoms with Crippen LogP contribution in [0.3, 0.4) is 0 Å². The lowest BCUT2D eigenvalue weighted by Crippen LogP contribution is -2.00. The molecule has 2 aromatic rings. The number of aryl methyl sites for hydroxylation is 2. The zero-order valence-corrected chi connectivity index (χ0v) is 12.8. The summed E-state index contributed by atoms with van der Waals surface area (Å²) in [6.45, 7) is 4.89. The van der Waals surface area contributed by atoms with Crippen molar-refractivity contribution in [3.05, 3.63) is 62.6 Å². The van der Waals surface area contributed by atoms with Crippen molar-refractivity contribution in [2.45, 2.75) is 20.4 Å². The molecule has 0 aliphatic carbocycles. The van der Waals surface area contributed by atoms with Gasteiger partial charge >= 0.3 is 0 Å². The van der Waals surface area contributed by atoms with Crippen LogP contribution in [0.15, 0.2) is 40.9 Å². The Kier molecular flexibility index (Phi) is 4.31. The van der Waals surface area contributed by atoms with E-state index in [2.05, 4.69) is 52.4 Å². The lowest BCUT2D eigenvalue weighted by Gasteiger charge is -2.11. The summed E-state index contributed by atoms with van der Waals surface area (Å²) >= 11 is 9.68. The van der Waals surface area contributed by atoms with Gasteiger partial charge in [0.05, 0.1) is 5.69 Å². The van der Waals surface area contributed by atoms with E-state index in [1.54, 1.807) is 0 Å². The number of hydrogen-bond acceptors (Lipinski definition) is 1. The van der Waals surface area contributed by atoms with Crippen LogP contribution in [0.1, 0.15) is 16.7 Å². The van der Waals surface area contributed by atoms with Gasteiger partial charge in [-0.25, -0.2) is 0 Å². The monoisotopic (exact) mass is 323 g/mol. The van der Waals surface area contributed by atoms with E-state index in [9.17, 15) is 0 Å². The molecule has 2 rings (SSSR count). The third-order valence-electron chi connectivity index (χ3n) is 2.81. The molecule has 0 saturated heterocycles. The number of anilines is 1. The van der Waals surface area contributed by atoms with Gasteiger partial charge in [-0.2, -0.15) is 0 Å². The summed E-state index contributed by atoms with van der Waals surface area (Å²) in [6.07, 6.45) is 0. The van der Waals surface area contributed by atoms with E-state index in [4.69, 9.17) is 11.6 Å². The molecular formula is C15H15BrClN. The summed E-state index contributed by atoms with van der Waals surface area (Å²) in [5.41, 5.74) is 4.63. The maximum Gasteiger partial charge on any atom is 0.0502 e. The van der Waals surface area contributed by atoms with Crippen LogP contribution in [0.2, 0.25) is 5.02 Å². The van der Waals surface area contributed by atoms with Crippen molar-refractivity contribution in [1.82, 2.24) is 0 Å². The first kappa shape index (κ1) is 13.4. The molecule has 0 aromatic heterocycles. The Balaban J connectivity index is 2.13. The molecule has 0 fully saturated rings. The predicted molar refractivity (Wildman–Crippen MR) is 82.4 cm³/mol. The van der Waals surface area contributed by atoms with E-state index in [0.717, 1.165) is 27.3 Å². The van der Waals surface area contributed by atoms with Crippen LogP contribution in [0.4, 0.5) is 5.69 Å². The van der Waals surface area contributed by atoms with Crippen molar-refractivity contribution in [1.29, 1.82) is 0 Å². The van der Waals surface area contributed by atoms with Gasteiger partial charge in [-0.05, 0) is 53.0 Å². The minimum absolute atomic E-state index is 0.782. The first-order chi connectivity index (χ1) is 8.56. The minimum atomic E-state index is 0.782. The van der Waals surface area contributed by atoms with E-state index >= 15 is 0 Å². The molecule has 0 heterocycles. The highest BCUT2D eigenvalue weighted by molar-refractivity contribution is 9.10. The van der Waals surface area contributed by atoms with Crippen LogP contribution in [0.5, 0.6) is 0 Å². The van der Waals surface area contributed by atoms with E-state index in [1.165, 1.54) is 11.1 Å². The maximum atomic E-state index is 6.13. The molecule has 0 aliphatic heterocycles. The Morgan fingerprint density at radius 2 is 1.94 bits per heavy atom. The lowest BCUT2D eigenvalue weighted by molar-refractivity contribution is 1.14. The van der Waals surface area contributed by atoms with E-state index in [-0.39, 0.29) is 0 Å². The van der Waals surface area contributed by atoms with Gasteiger partial charge in [-0.3, -0.25) is 0 Å². The van der Waals surface area contributed by atoms with Crippen LogP contribution in [-0.2, 0) is 6.54 Å². The van der Waals surface area contributed by atoms with Gasteiger partial charge < -0.3 is 5.32 Å². The third kappa shape index (κ3) is 3.27. The standard InChI is InChI=1S/C15H15BrClN/c1-10-4-3-5-12(6-10)9-18-15-8-14(17)11(2)7-13(15)16/h3-8,18H,9H2,1-2H3. The molecular weight excluding hydrogens is 310 g/mol. The molecule has 0 unspecified atom stereocenters. The molecule has 1 nitrogen and oxygen atoms in total. The number of halogens is 2. The molecule has 94 valence electrons. The van der Waals surface area contributed by atoms with E-state index < -0.39 is 0 Å². The largest absolute Gasteiger partial charge is 0.380 e. The molecule has 0 spiro atoms. The molecule has 0 aliphatic rings. The van der Waals surface area contributed by atoms with Gasteiger partial charge in [0.2, 0.25) is 0 Å². The number of hydrogen-bond donors (Lipinski definition) is 1. The first-order valence-electron chi connectivity index (χ1n) is 5.81. The highest BCUT2D eigenvalue weighted by Gasteiger charge is 2.04. The zero-order valence-electron chi connectivity index (χ0n) is 10.4. The Hall–Kier alpha value is -0.990. The van der Waals surface area contributed by atoms with Crippen molar-refractivity contribution in [2.24, 2.45) is 0 Å². The summed E-state index contributed by atoms with van der Waals surface area (Å²) in [4.78, 5) is 0. The highest BCUT2D eigenvalue weighted by atomic mass is 79.9. The van der Waals surface area contributed by atoms with Gasteiger partial charge in [0.15, 0.2) is 0 Å². The summed E-state index contributed by atoms with van der Waals surface area (Å²) < 4.78 is 1.04. The Bertz CT molecular complexity index is 566. The fourth-order valence-corrected chi connectivity index (χ4v) is 2.56. The van der Waals surface area contributed by atoms with Crippen molar-refractivity contribution in [3.8, 4) is 0 Å². The van der Waals surface area contributed by atoms with Crippen LogP contribution >= 0.6 is 27.5 Å². The van der Waals surface area contributed by atoms with Crippen LogP contribution in [0.25, 0.3) is 0 Å². The molecule has 18 heavy (non-hydrogen) atoms. The van der Waals surface area contributed by atoms with E-state index in [0.29, 0.717) is 0 Å². The average Bonchev–Trinajstić information content (AvgIpc) is 2.32. The molecule has 0 bridgehead atoms. The number of nitrogens with one attached hydrogen (secondary N) is 1. The molecule has 0 atom stereocenters. The summed E-state index contributed by atoms with van der Waals surface area (Å²) in [5.74, 6) is 0. The van der Waals surface area contributed by atoms with Crippen LogP contribution in [-0.4, -0.2) is 0 Å². The molecule has 0 radical (unpaired) electrons. The quantitative estimate of drug-likeness (QED) is 0.804. The molecule has 1 N–H and O–H groups in total. The third-order valence-corrected chi connectivity index (χ3v) is 3.88. The molecule has 0 saturated carbocycles. The number of benzene rings is 2. The topological polar surface area (TPSA) is 12.0 Å². The van der Waals surface area contributed by atoms with Gasteiger partial charge in [0.1, 0.15) is 0 Å². The summed E-state index contributed by atoms with van der Waals surface area (Å²) in [6, 6.07) is 12.4. The smallest absolute Gasteiger partial charge is 0.0502 e.